The minimum Gasteiger partial charge on any atom is -0.490 e. The number of rotatable bonds is 2. The standard InChI is InChI=1S/C14H14N2O2S/c15-11-3-1-6-16-14(11)19-10-4-5-12-13(9-10)18-8-2-7-17-12/h1,3-6,9H,2,7-8,15H2. The van der Waals surface area contributed by atoms with E-state index in [-0.39, 0.29) is 0 Å². The molecule has 5 heteroatoms. The summed E-state index contributed by atoms with van der Waals surface area (Å²) in [5, 5.41) is 0.803. The van der Waals surface area contributed by atoms with Crippen LogP contribution in [0, 0.1) is 0 Å². The molecule has 98 valence electrons. The Morgan fingerprint density at radius 2 is 1.95 bits per heavy atom. The summed E-state index contributed by atoms with van der Waals surface area (Å²) < 4.78 is 11.3. The highest BCUT2D eigenvalue weighted by Gasteiger charge is 2.12. The number of fused-ring (bicyclic) bond motifs is 1. The molecule has 1 aromatic carbocycles. The number of nitrogens with two attached hydrogens (primary N) is 1. The van der Waals surface area contributed by atoms with E-state index < -0.39 is 0 Å². The summed E-state index contributed by atoms with van der Waals surface area (Å²) in [6.07, 6.45) is 2.64. The van der Waals surface area contributed by atoms with Crippen molar-refractivity contribution >= 4 is 17.4 Å². The van der Waals surface area contributed by atoms with E-state index in [1.54, 1.807) is 6.20 Å². The monoisotopic (exact) mass is 274 g/mol. The molecule has 0 aliphatic carbocycles. The van der Waals surface area contributed by atoms with Gasteiger partial charge in [0.15, 0.2) is 11.5 Å². The van der Waals surface area contributed by atoms with Crippen molar-refractivity contribution in [2.75, 3.05) is 18.9 Å². The number of aromatic nitrogens is 1. The van der Waals surface area contributed by atoms with Crippen molar-refractivity contribution in [1.29, 1.82) is 0 Å². The molecule has 0 saturated carbocycles. The van der Waals surface area contributed by atoms with Crippen LogP contribution in [0.15, 0.2) is 46.5 Å². The maximum Gasteiger partial charge on any atom is 0.162 e. The topological polar surface area (TPSA) is 57.4 Å². The number of pyridine rings is 1. The first-order chi connectivity index (χ1) is 9.33. The van der Waals surface area contributed by atoms with E-state index in [4.69, 9.17) is 15.2 Å². The van der Waals surface area contributed by atoms with Crippen molar-refractivity contribution in [3.8, 4) is 11.5 Å². The molecule has 2 aromatic rings. The number of benzene rings is 1. The fourth-order valence-corrected chi connectivity index (χ4v) is 2.63. The molecule has 0 bridgehead atoms. The Kier molecular flexibility index (Phi) is 3.46. The highest BCUT2D eigenvalue weighted by molar-refractivity contribution is 7.99. The van der Waals surface area contributed by atoms with Crippen molar-refractivity contribution < 1.29 is 9.47 Å². The second kappa shape index (κ2) is 5.40. The lowest BCUT2D eigenvalue weighted by Crippen LogP contribution is -1.97. The van der Waals surface area contributed by atoms with Gasteiger partial charge in [0.25, 0.3) is 0 Å². The SMILES string of the molecule is Nc1cccnc1Sc1ccc2c(c1)OCCCO2. The third kappa shape index (κ3) is 2.76. The van der Waals surface area contributed by atoms with Crippen LogP contribution in [0.4, 0.5) is 5.69 Å². The number of nitrogen functional groups attached to an aromatic ring is 1. The van der Waals surface area contributed by atoms with Crippen LogP contribution in [0.25, 0.3) is 0 Å². The van der Waals surface area contributed by atoms with E-state index in [1.807, 2.05) is 30.3 Å². The molecule has 1 aliphatic rings. The minimum absolute atomic E-state index is 0.680. The van der Waals surface area contributed by atoms with E-state index in [0.29, 0.717) is 18.9 Å². The second-order valence-electron chi connectivity index (χ2n) is 4.16. The van der Waals surface area contributed by atoms with Crippen LogP contribution in [0.5, 0.6) is 11.5 Å². The molecule has 0 amide bonds. The Balaban J connectivity index is 1.86. The first kappa shape index (κ1) is 12.2. The second-order valence-corrected chi connectivity index (χ2v) is 5.22. The average Bonchev–Trinajstić information content (AvgIpc) is 2.66. The zero-order valence-corrected chi connectivity index (χ0v) is 11.2. The zero-order valence-electron chi connectivity index (χ0n) is 10.3. The highest BCUT2D eigenvalue weighted by atomic mass is 32.2. The summed E-state index contributed by atoms with van der Waals surface area (Å²) >= 11 is 1.52. The minimum atomic E-state index is 0.680. The van der Waals surface area contributed by atoms with E-state index in [0.717, 1.165) is 27.8 Å². The fraction of sp³-hybridized carbons (Fsp3) is 0.214. The molecule has 0 radical (unpaired) electrons. The number of hydrogen-bond acceptors (Lipinski definition) is 5. The van der Waals surface area contributed by atoms with Gasteiger partial charge >= 0.3 is 0 Å². The van der Waals surface area contributed by atoms with Gasteiger partial charge in [0.05, 0.1) is 18.9 Å². The molecule has 0 fully saturated rings. The normalized spacial score (nSPS) is 13.9. The van der Waals surface area contributed by atoms with Gasteiger partial charge in [-0.2, -0.15) is 0 Å². The quantitative estimate of drug-likeness (QED) is 0.912. The largest absolute Gasteiger partial charge is 0.490 e. The summed E-state index contributed by atoms with van der Waals surface area (Å²) in [5.41, 5.74) is 6.57. The molecule has 19 heavy (non-hydrogen) atoms. The van der Waals surface area contributed by atoms with Gasteiger partial charge in [0.1, 0.15) is 5.03 Å². The number of ether oxygens (including phenoxy) is 2. The Morgan fingerprint density at radius 3 is 2.79 bits per heavy atom. The van der Waals surface area contributed by atoms with Crippen LogP contribution in [-0.4, -0.2) is 18.2 Å². The molecule has 4 nitrogen and oxygen atoms in total. The average molecular weight is 274 g/mol. The Labute approximate surface area is 115 Å². The van der Waals surface area contributed by atoms with Gasteiger partial charge in [-0.25, -0.2) is 4.98 Å². The summed E-state index contributed by atoms with van der Waals surface area (Å²) in [6.45, 7) is 1.39. The van der Waals surface area contributed by atoms with Gasteiger partial charge in [-0.05, 0) is 30.3 Å². The molecule has 0 saturated heterocycles. The van der Waals surface area contributed by atoms with E-state index >= 15 is 0 Å². The summed E-state index contributed by atoms with van der Waals surface area (Å²) in [6, 6.07) is 9.57. The first-order valence-electron chi connectivity index (χ1n) is 6.11. The fourth-order valence-electron chi connectivity index (χ4n) is 1.81. The summed E-state index contributed by atoms with van der Waals surface area (Å²) in [5.74, 6) is 1.59. The molecule has 1 aliphatic heterocycles. The smallest absolute Gasteiger partial charge is 0.162 e. The molecular formula is C14H14N2O2S. The summed E-state index contributed by atoms with van der Waals surface area (Å²) in [4.78, 5) is 5.31. The molecule has 0 unspecified atom stereocenters. The molecule has 3 rings (SSSR count). The third-order valence-electron chi connectivity index (χ3n) is 2.73. The lowest BCUT2D eigenvalue weighted by molar-refractivity contribution is 0.297. The molecular weight excluding hydrogens is 260 g/mol. The maximum atomic E-state index is 5.89. The number of nitrogens with zero attached hydrogens (tertiary/aromatic N) is 1. The van der Waals surface area contributed by atoms with Gasteiger partial charge in [-0.3, -0.25) is 0 Å². The van der Waals surface area contributed by atoms with E-state index in [2.05, 4.69) is 4.98 Å². The van der Waals surface area contributed by atoms with Crippen LogP contribution in [0.3, 0.4) is 0 Å². The molecule has 1 aromatic heterocycles. The molecule has 0 atom stereocenters. The van der Waals surface area contributed by atoms with Crippen molar-refractivity contribution in [2.45, 2.75) is 16.3 Å². The lowest BCUT2D eigenvalue weighted by Gasteiger charge is -2.09. The summed E-state index contributed by atoms with van der Waals surface area (Å²) in [7, 11) is 0. The van der Waals surface area contributed by atoms with Gasteiger partial charge < -0.3 is 15.2 Å². The third-order valence-corrected chi connectivity index (χ3v) is 3.76. The van der Waals surface area contributed by atoms with Gasteiger partial charge in [0.2, 0.25) is 0 Å². The van der Waals surface area contributed by atoms with Crippen molar-refractivity contribution in [3.63, 3.8) is 0 Å². The van der Waals surface area contributed by atoms with Crippen LogP contribution >= 0.6 is 11.8 Å². The molecule has 2 N–H and O–H groups in total. The van der Waals surface area contributed by atoms with Gasteiger partial charge in [0, 0.05) is 17.5 Å². The Hall–Kier alpha value is -1.88. The predicted octanol–water partition coefficient (Wildman–Crippen LogP) is 2.98. The van der Waals surface area contributed by atoms with Gasteiger partial charge in [-0.15, -0.1) is 0 Å². The number of anilines is 1. The Bertz CT molecular complexity index is 589. The highest BCUT2D eigenvalue weighted by Crippen LogP contribution is 2.37. The van der Waals surface area contributed by atoms with Gasteiger partial charge in [-0.1, -0.05) is 11.8 Å². The maximum absolute atomic E-state index is 5.89. The van der Waals surface area contributed by atoms with Crippen molar-refractivity contribution in [1.82, 2.24) is 4.98 Å². The van der Waals surface area contributed by atoms with E-state index in [9.17, 15) is 0 Å². The van der Waals surface area contributed by atoms with Crippen LogP contribution in [0.1, 0.15) is 6.42 Å². The van der Waals surface area contributed by atoms with Crippen molar-refractivity contribution in [2.24, 2.45) is 0 Å². The number of hydrogen-bond donors (Lipinski definition) is 1. The first-order valence-corrected chi connectivity index (χ1v) is 6.92. The lowest BCUT2D eigenvalue weighted by atomic mass is 10.3. The van der Waals surface area contributed by atoms with Crippen molar-refractivity contribution in [3.05, 3.63) is 36.5 Å². The Morgan fingerprint density at radius 1 is 1.11 bits per heavy atom. The van der Waals surface area contributed by atoms with Crippen LogP contribution in [-0.2, 0) is 0 Å². The predicted molar refractivity (Wildman–Crippen MR) is 74.8 cm³/mol. The van der Waals surface area contributed by atoms with E-state index in [1.165, 1.54) is 11.8 Å². The zero-order chi connectivity index (χ0) is 13.1. The van der Waals surface area contributed by atoms with Crippen LogP contribution in [0.2, 0.25) is 0 Å². The molecule has 0 spiro atoms. The molecule has 2 heterocycles. The van der Waals surface area contributed by atoms with Crippen LogP contribution < -0.4 is 15.2 Å².